The van der Waals surface area contributed by atoms with E-state index in [0.29, 0.717) is 5.56 Å². The minimum absolute atomic E-state index is 0.00807. The normalized spacial score (nSPS) is 13.7. The highest BCUT2D eigenvalue weighted by molar-refractivity contribution is 7.10. The number of halogens is 2. The van der Waals surface area contributed by atoms with E-state index in [9.17, 15) is 14.3 Å². The van der Waals surface area contributed by atoms with E-state index in [0.717, 1.165) is 4.88 Å². The molecule has 0 spiro atoms. The Morgan fingerprint density at radius 1 is 1.48 bits per heavy atom. The van der Waals surface area contributed by atoms with Crippen LogP contribution >= 0.6 is 22.9 Å². The number of rotatable bonds is 5. The summed E-state index contributed by atoms with van der Waals surface area (Å²) in [6, 6.07) is 7.31. The molecule has 0 saturated heterocycles. The number of thiophene rings is 1. The number of benzene rings is 1. The van der Waals surface area contributed by atoms with Gasteiger partial charge in [0.1, 0.15) is 5.82 Å². The molecule has 0 aliphatic carbocycles. The van der Waals surface area contributed by atoms with Gasteiger partial charge in [-0.3, -0.25) is 4.79 Å². The number of hydrogen-bond acceptors (Lipinski definition) is 3. The zero-order valence-corrected chi connectivity index (χ0v) is 12.9. The summed E-state index contributed by atoms with van der Waals surface area (Å²) < 4.78 is 13.5. The molecule has 1 aromatic heterocycles. The molecule has 2 atom stereocenters. The number of carbonyl (C=O) groups excluding carboxylic acids is 1. The van der Waals surface area contributed by atoms with Crippen molar-refractivity contribution >= 4 is 28.8 Å². The summed E-state index contributed by atoms with van der Waals surface area (Å²) in [5.41, 5.74) is 0.478. The van der Waals surface area contributed by atoms with Gasteiger partial charge in [0.25, 0.3) is 0 Å². The van der Waals surface area contributed by atoms with Gasteiger partial charge in [0.15, 0.2) is 0 Å². The Labute approximate surface area is 131 Å². The summed E-state index contributed by atoms with van der Waals surface area (Å²) in [5.74, 6) is -1.11. The fourth-order valence-electron chi connectivity index (χ4n) is 1.93. The van der Waals surface area contributed by atoms with Gasteiger partial charge in [-0.25, -0.2) is 4.39 Å². The summed E-state index contributed by atoms with van der Waals surface area (Å²) in [7, 11) is 0. The van der Waals surface area contributed by atoms with E-state index in [-0.39, 0.29) is 23.5 Å². The summed E-state index contributed by atoms with van der Waals surface area (Å²) in [5, 5.41) is 14.1. The molecule has 0 radical (unpaired) electrons. The molecule has 0 aliphatic heterocycles. The van der Waals surface area contributed by atoms with E-state index in [4.69, 9.17) is 11.6 Å². The molecule has 2 rings (SSSR count). The quantitative estimate of drug-likeness (QED) is 0.883. The number of aliphatic hydroxyl groups excluding tert-OH is 1. The van der Waals surface area contributed by atoms with Crippen molar-refractivity contribution in [3.63, 3.8) is 0 Å². The first-order valence-electron chi connectivity index (χ1n) is 6.42. The van der Waals surface area contributed by atoms with Crippen LogP contribution in [0.25, 0.3) is 0 Å². The highest BCUT2D eigenvalue weighted by Gasteiger charge is 2.21. The van der Waals surface area contributed by atoms with E-state index < -0.39 is 11.9 Å². The second-order valence-corrected chi connectivity index (χ2v) is 6.04. The molecule has 3 nitrogen and oxygen atoms in total. The standard InChI is InChI=1S/C15H15ClFNO2S/c1-9(14-3-2-6-21-14)15(20)18-13(8-19)10-4-5-11(16)12(17)7-10/h2-7,9,13,19H,8H2,1H3,(H,18,20). The molecular weight excluding hydrogens is 313 g/mol. The van der Waals surface area contributed by atoms with Crippen molar-refractivity contribution in [3.05, 3.63) is 57.0 Å². The number of hydrogen-bond donors (Lipinski definition) is 2. The Morgan fingerprint density at radius 2 is 2.24 bits per heavy atom. The lowest BCUT2D eigenvalue weighted by Gasteiger charge is -2.19. The molecule has 21 heavy (non-hydrogen) atoms. The van der Waals surface area contributed by atoms with Gasteiger partial charge in [-0.2, -0.15) is 0 Å². The molecule has 112 valence electrons. The van der Waals surface area contributed by atoms with Gasteiger partial charge < -0.3 is 10.4 Å². The topological polar surface area (TPSA) is 49.3 Å². The van der Waals surface area contributed by atoms with Crippen LogP contribution < -0.4 is 5.32 Å². The maximum Gasteiger partial charge on any atom is 0.228 e. The van der Waals surface area contributed by atoms with Crippen molar-refractivity contribution < 1.29 is 14.3 Å². The van der Waals surface area contributed by atoms with Crippen LogP contribution in [0.5, 0.6) is 0 Å². The first-order chi connectivity index (χ1) is 10.0. The van der Waals surface area contributed by atoms with Gasteiger partial charge >= 0.3 is 0 Å². The molecule has 1 heterocycles. The molecule has 6 heteroatoms. The molecule has 0 aliphatic rings. The summed E-state index contributed by atoms with van der Waals surface area (Å²) in [6.45, 7) is 1.47. The SMILES string of the molecule is CC(C(=O)NC(CO)c1ccc(Cl)c(F)c1)c1cccs1. The van der Waals surface area contributed by atoms with Crippen molar-refractivity contribution in [3.8, 4) is 0 Å². The highest BCUT2D eigenvalue weighted by atomic mass is 35.5. The minimum atomic E-state index is -0.660. The van der Waals surface area contributed by atoms with Gasteiger partial charge in [-0.05, 0) is 36.1 Å². The maximum atomic E-state index is 13.5. The first kappa shape index (κ1) is 15.9. The second kappa shape index (κ2) is 7.02. The lowest BCUT2D eigenvalue weighted by Crippen LogP contribution is -2.33. The van der Waals surface area contributed by atoms with Gasteiger partial charge in [0.2, 0.25) is 5.91 Å². The van der Waals surface area contributed by atoms with Crippen LogP contribution in [0.2, 0.25) is 5.02 Å². The fourth-order valence-corrected chi connectivity index (χ4v) is 2.83. The molecule has 0 saturated carbocycles. The molecular formula is C15H15ClFNO2S. The van der Waals surface area contributed by atoms with Crippen LogP contribution in [0.1, 0.15) is 29.3 Å². The second-order valence-electron chi connectivity index (χ2n) is 4.65. The maximum absolute atomic E-state index is 13.5. The number of nitrogens with one attached hydrogen (secondary N) is 1. The third kappa shape index (κ3) is 3.81. The predicted octanol–water partition coefficient (Wildman–Crippen LogP) is 3.49. The number of carbonyl (C=O) groups is 1. The Bertz CT molecular complexity index is 618. The molecule has 2 N–H and O–H groups in total. The monoisotopic (exact) mass is 327 g/mol. The lowest BCUT2D eigenvalue weighted by molar-refractivity contribution is -0.123. The third-order valence-corrected chi connectivity index (χ3v) is 4.57. The molecule has 0 bridgehead atoms. The minimum Gasteiger partial charge on any atom is -0.394 e. The van der Waals surface area contributed by atoms with Gasteiger partial charge in [0, 0.05) is 4.88 Å². The van der Waals surface area contributed by atoms with E-state index in [1.165, 1.54) is 23.5 Å². The number of aliphatic hydroxyl groups is 1. The van der Waals surface area contributed by atoms with Crippen LogP contribution in [0.3, 0.4) is 0 Å². The van der Waals surface area contributed by atoms with Gasteiger partial charge in [-0.15, -0.1) is 11.3 Å². The van der Waals surface area contributed by atoms with E-state index >= 15 is 0 Å². The van der Waals surface area contributed by atoms with Gasteiger partial charge in [0.05, 0.1) is 23.6 Å². The van der Waals surface area contributed by atoms with Crippen molar-refractivity contribution in [1.29, 1.82) is 0 Å². The molecule has 2 aromatic rings. The Kier molecular flexibility index (Phi) is 5.33. The molecule has 0 fully saturated rings. The summed E-state index contributed by atoms with van der Waals surface area (Å²) in [6.07, 6.45) is 0. The molecule has 2 unspecified atom stereocenters. The van der Waals surface area contributed by atoms with Crippen LogP contribution in [0, 0.1) is 5.82 Å². The van der Waals surface area contributed by atoms with Crippen molar-refractivity contribution in [2.75, 3.05) is 6.61 Å². The summed E-state index contributed by atoms with van der Waals surface area (Å²) in [4.78, 5) is 13.1. The van der Waals surface area contributed by atoms with E-state index in [1.807, 2.05) is 17.5 Å². The largest absolute Gasteiger partial charge is 0.394 e. The Morgan fingerprint density at radius 3 is 2.81 bits per heavy atom. The van der Waals surface area contributed by atoms with E-state index in [1.54, 1.807) is 13.0 Å². The van der Waals surface area contributed by atoms with Crippen LogP contribution in [0.15, 0.2) is 35.7 Å². The van der Waals surface area contributed by atoms with Crippen LogP contribution in [0.4, 0.5) is 4.39 Å². The van der Waals surface area contributed by atoms with Crippen molar-refractivity contribution in [2.45, 2.75) is 18.9 Å². The van der Waals surface area contributed by atoms with Crippen molar-refractivity contribution in [2.24, 2.45) is 0 Å². The van der Waals surface area contributed by atoms with Crippen molar-refractivity contribution in [1.82, 2.24) is 5.32 Å². The third-order valence-electron chi connectivity index (χ3n) is 3.21. The fraction of sp³-hybridized carbons (Fsp3) is 0.267. The Balaban J connectivity index is 2.11. The van der Waals surface area contributed by atoms with Gasteiger partial charge in [-0.1, -0.05) is 23.7 Å². The number of amides is 1. The van der Waals surface area contributed by atoms with E-state index in [2.05, 4.69) is 5.32 Å². The van der Waals surface area contributed by atoms with Crippen LogP contribution in [-0.4, -0.2) is 17.6 Å². The molecule has 1 aromatic carbocycles. The Hall–Kier alpha value is -1.43. The molecule has 1 amide bonds. The zero-order valence-electron chi connectivity index (χ0n) is 11.3. The lowest BCUT2D eigenvalue weighted by atomic mass is 10.0. The average molecular weight is 328 g/mol. The smallest absolute Gasteiger partial charge is 0.228 e. The average Bonchev–Trinajstić information content (AvgIpc) is 3.01. The zero-order chi connectivity index (χ0) is 15.4. The van der Waals surface area contributed by atoms with Crippen LogP contribution in [-0.2, 0) is 4.79 Å². The highest BCUT2D eigenvalue weighted by Crippen LogP contribution is 2.24. The predicted molar refractivity (Wildman–Crippen MR) is 82.1 cm³/mol. The first-order valence-corrected chi connectivity index (χ1v) is 7.68. The summed E-state index contributed by atoms with van der Waals surface area (Å²) >= 11 is 7.12.